The van der Waals surface area contributed by atoms with Gasteiger partial charge in [-0.1, -0.05) is 34.1 Å². The number of nitrogens with zero attached hydrogens (tertiary/aromatic N) is 3. The average molecular weight is 719 g/mol. The summed E-state index contributed by atoms with van der Waals surface area (Å²) in [6.45, 7) is 13.8. The number of hydrogen-bond donors (Lipinski definition) is 1. The van der Waals surface area contributed by atoms with Crippen LogP contribution in [-0.4, -0.2) is 76.3 Å². The van der Waals surface area contributed by atoms with Crippen LogP contribution in [0.15, 0.2) is 5.38 Å². The Bertz CT molecular complexity index is 1520. The molecule has 2 heterocycles. The Morgan fingerprint density at radius 2 is 1.55 bits per heavy atom. The molecule has 1 aliphatic rings. The Morgan fingerprint density at radius 1 is 1.00 bits per heavy atom. The fourth-order valence-electron chi connectivity index (χ4n) is 5.65. The zero-order valence-corrected chi connectivity index (χ0v) is 29.6. The summed E-state index contributed by atoms with van der Waals surface area (Å²) < 4.78 is 78.9. The number of ether oxygens (including phenoxy) is 2. The van der Waals surface area contributed by atoms with Gasteiger partial charge >= 0.3 is 11.9 Å². The van der Waals surface area contributed by atoms with Crippen LogP contribution in [0, 0.1) is 40.9 Å². The Hall–Kier alpha value is -3.66. The molecular formula is C33H43F5N4O6S. The van der Waals surface area contributed by atoms with E-state index in [0.717, 1.165) is 49.6 Å². The van der Waals surface area contributed by atoms with E-state index in [9.17, 15) is 41.1 Å². The highest BCUT2D eigenvalue weighted by molar-refractivity contribution is 7.09. The van der Waals surface area contributed by atoms with E-state index < -0.39 is 76.2 Å². The topological polar surface area (TPSA) is 118 Å². The van der Waals surface area contributed by atoms with Gasteiger partial charge in [0.15, 0.2) is 11.8 Å². The maximum atomic E-state index is 14.1. The number of rotatable bonds is 14. The van der Waals surface area contributed by atoms with Crippen molar-refractivity contribution < 1.29 is 50.6 Å². The van der Waals surface area contributed by atoms with Gasteiger partial charge in [-0.25, -0.2) is 22.9 Å². The zero-order chi connectivity index (χ0) is 37.0. The molecule has 2 aromatic rings. The average Bonchev–Trinajstić information content (AvgIpc) is 3.78. The molecule has 0 radical (unpaired) electrons. The molecule has 0 bridgehead atoms. The molecule has 16 heteroatoms. The maximum absolute atomic E-state index is 14.1. The Kier molecular flexibility index (Phi) is 13.3. The van der Waals surface area contributed by atoms with Crippen LogP contribution in [0.1, 0.15) is 95.7 Å². The van der Waals surface area contributed by atoms with Gasteiger partial charge < -0.3 is 19.7 Å². The Balaban J connectivity index is 1.86. The summed E-state index contributed by atoms with van der Waals surface area (Å²) >= 11 is 0.818. The molecule has 272 valence electrons. The number of aromatic nitrogens is 1. The van der Waals surface area contributed by atoms with Crippen molar-refractivity contribution in [2.24, 2.45) is 11.8 Å². The number of carbonyl (C=O) groups is 4. The molecule has 1 saturated heterocycles. The standard InChI is InChI=1S/C33H43F5N4O6S/c1-9-17(4)27(40-32(46)33(6,7)42-12-10-11-13-42)30(44)41(8)20(16(2)3)14-21(47-18(5)43)29-39-19(15-49-29)31(45)48-28-25(37)23(35)22(34)24(36)26(28)38/h15-17,20-21,27H,9-14H2,1-8H3,(H,40,46)/t17-,20+,21+,27-/m0/s1. The number of benzene rings is 1. The minimum atomic E-state index is -2.41. The number of carbonyl (C=O) groups excluding carboxylic acids is 4. The number of likely N-dealkylation sites (tertiary alicyclic amines) is 1. The molecule has 0 spiro atoms. The number of thiazole rings is 1. The maximum Gasteiger partial charge on any atom is 0.363 e. The van der Waals surface area contributed by atoms with Crippen LogP contribution in [0.2, 0.25) is 0 Å². The predicted octanol–water partition coefficient (Wildman–Crippen LogP) is 5.94. The van der Waals surface area contributed by atoms with Crippen molar-refractivity contribution in [3.05, 3.63) is 45.2 Å². The third-order valence-corrected chi connectivity index (χ3v) is 9.90. The Labute approximate surface area is 286 Å². The number of likely N-dealkylation sites (N-methyl/N-ethyl adjacent to an activating group) is 1. The molecule has 3 rings (SSSR count). The quantitative estimate of drug-likeness (QED) is 0.0839. The van der Waals surface area contributed by atoms with Crippen LogP contribution in [0.25, 0.3) is 0 Å². The molecule has 1 aromatic carbocycles. The fraction of sp³-hybridized carbons (Fsp3) is 0.606. The van der Waals surface area contributed by atoms with Gasteiger partial charge in [0.1, 0.15) is 11.0 Å². The van der Waals surface area contributed by atoms with Gasteiger partial charge in [0.25, 0.3) is 0 Å². The summed E-state index contributed by atoms with van der Waals surface area (Å²) in [4.78, 5) is 60.1. The third-order valence-electron chi connectivity index (χ3n) is 8.97. The van der Waals surface area contributed by atoms with Crippen molar-refractivity contribution in [1.82, 2.24) is 20.1 Å². The first kappa shape index (κ1) is 39.8. The summed E-state index contributed by atoms with van der Waals surface area (Å²) in [6, 6.07) is -1.44. The zero-order valence-electron chi connectivity index (χ0n) is 28.8. The minimum Gasteiger partial charge on any atom is -0.455 e. The molecule has 0 aliphatic carbocycles. The molecule has 1 N–H and O–H groups in total. The second-order valence-electron chi connectivity index (χ2n) is 13.0. The third kappa shape index (κ3) is 8.93. The summed E-state index contributed by atoms with van der Waals surface area (Å²) in [6.07, 6.45) is 1.45. The van der Waals surface area contributed by atoms with Gasteiger partial charge in [-0.15, -0.1) is 11.3 Å². The molecule has 49 heavy (non-hydrogen) atoms. The van der Waals surface area contributed by atoms with Crippen molar-refractivity contribution in [3.8, 4) is 5.75 Å². The number of halogens is 5. The summed E-state index contributed by atoms with van der Waals surface area (Å²) in [7, 11) is 1.58. The van der Waals surface area contributed by atoms with Gasteiger partial charge in [-0.2, -0.15) is 8.78 Å². The number of esters is 2. The van der Waals surface area contributed by atoms with Crippen molar-refractivity contribution in [2.75, 3.05) is 20.1 Å². The molecule has 1 aliphatic heterocycles. The molecule has 1 aromatic heterocycles. The summed E-state index contributed by atoms with van der Waals surface area (Å²) in [5.41, 5.74) is -1.38. The lowest BCUT2D eigenvalue weighted by Gasteiger charge is -2.39. The number of nitrogens with one attached hydrogen (secondary N) is 1. The van der Waals surface area contributed by atoms with E-state index in [1.807, 2.05) is 41.5 Å². The molecule has 1 fully saturated rings. The van der Waals surface area contributed by atoms with Crippen molar-refractivity contribution in [1.29, 1.82) is 0 Å². The molecule has 2 amide bonds. The SMILES string of the molecule is CC[C@H](C)[C@H](NC(=O)C(C)(C)N1CCCC1)C(=O)N(C)[C@H](C[C@@H](OC(C)=O)c1nc(C(=O)Oc2c(F)c(F)c(F)c(F)c2F)cs1)C(C)C. The second-order valence-corrected chi connectivity index (χ2v) is 13.9. The normalized spacial score (nSPS) is 16.2. The molecular weight excluding hydrogens is 675 g/mol. The Morgan fingerprint density at radius 3 is 2.06 bits per heavy atom. The highest BCUT2D eigenvalue weighted by Crippen LogP contribution is 2.33. The first-order valence-corrected chi connectivity index (χ1v) is 16.9. The van der Waals surface area contributed by atoms with Gasteiger partial charge in [-0.3, -0.25) is 19.3 Å². The highest BCUT2D eigenvalue weighted by Gasteiger charge is 2.41. The van der Waals surface area contributed by atoms with Gasteiger partial charge in [0.2, 0.25) is 46.6 Å². The van der Waals surface area contributed by atoms with E-state index >= 15 is 0 Å². The van der Waals surface area contributed by atoms with Crippen LogP contribution in [-0.2, 0) is 19.1 Å². The van der Waals surface area contributed by atoms with Crippen molar-refractivity contribution in [3.63, 3.8) is 0 Å². The largest absolute Gasteiger partial charge is 0.455 e. The van der Waals surface area contributed by atoms with E-state index in [0.29, 0.717) is 6.42 Å². The monoisotopic (exact) mass is 718 g/mol. The van der Waals surface area contributed by atoms with E-state index in [1.54, 1.807) is 7.05 Å². The lowest BCUT2D eigenvalue weighted by Crippen LogP contribution is -2.60. The number of hydrogen-bond acceptors (Lipinski definition) is 9. The van der Waals surface area contributed by atoms with Gasteiger partial charge in [0.05, 0.1) is 5.54 Å². The summed E-state index contributed by atoms with van der Waals surface area (Å²) in [5.74, 6) is -16.8. The van der Waals surface area contributed by atoms with Gasteiger partial charge in [0, 0.05) is 31.8 Å². The fourth-order valence-corrected chi connectivity index (χ4v) is 6.48. The highest BCUT2D eigenvalue weighted by atomic mass is 32.1. The van der Waals surface area contributed by atoms with Crippen LogP contribution in [0.3, 0.4) is 0 Å². The van der Waals surface area contributed by atoms with Gasteiger partial charge in [-0.05, 0) is 51.6 Å². The predicted molar refractivity (Wildman–Crippen MR) is 170 cm³/mol. The van der Waals surface area contributed by atoms with Crippen molar-refractivity contribution in [2.45, 2.75) is 97.9 Å². The van der Waals surface area contributed by atoms with Crippen molar-refractivity contribution >= 4 is 35.1 Å². The molecule has 0 unspecified atom stereocenters. The number of amides is 2. The lowest BCUT2D eigenvalue weighted by atomic mass is 9.92. The summed E-state index contributed by atoms with van der Waals surface area (Å²) in [5, 5.41) is 4.14. The van der Waals surface area contributed by atoms with Crippen LogP contribution in [0.4, 0.5) is 22.0 Å². The van der Waals surface area contributed by atoms with E-state index in [2.05, 4.69) is 19.9 Å². The smallest absolute Gasteiger partial charge is 0.363 e. The van der Waals surface area contributed by atoms with Crippen LogP contribution < -0.4 is 10.1 Å². The van der Waals surface area contributed by atoms with Crippen LogP contribution in [0.5, 0.6) is 5.75 Å². The molecule has 0 saturated carbocycles. The molecule has 4 atom stereocenters. The van der Waals surface area contributed by atoms with E-state index in [-0.39, 0.29) is 35.1 Å². The minimum absolute atomic E-state index is 0.000425. The van der Waals surface area contributed by atoms with E-state index in [1.165, 1.54) is 4.90 Å². The first-order valence-electron chi connectivity index (χ1n) is 16.0. The second kappa shape index (κ2) is 16.4. The van der Waals surface area contributed by atoms with E-state index in [4.69, 9.17) is 4.74 Å². The van der Waals surface area contributed by atoms with Crippen LogP contribution >= 0.6 is 11.3 Å². The first-order chi connectivity index (χ1) is 22.8. The molecule has 10 nitrogen and oxygen atoms in total. The lowest BCUT2D eigenvalue weighted by molar-refractivity contribution is -0.149.